The number of fused-ring (bicyclic) bond motifs is 3. The van der Waals surface area contributed by atoms with E-state index in [2.05, 4.69) is 84.8 Å². The molecule has 0 amide bonds. The van der Waals surface area contributed by atoms with Crippen LogP contribution in [-0.4, -0.2) is 154 Å². The number of hydrogen-bond donors (Lipinski definition) is 2. The van der Waals surface area contributed by atoms with Gasteiger partial charge in [0.1, 0.15) is 83.6 Å². The predicted octanol–water partition coefficient (Wildman–Crippen LogP) is 14.5. The molecular formula is C90H96F2N14O11S3. The zero-order valence-corrected chi connectivity index (χ0v) is 71.7. The molecule has 0 bridgehead atoms. The Hall–Kier alpha value is -12.4. The van der Waals surface area contributed by atoms with Gasteiger partial charge in [0.2, 0.25) is 0 Å². The maximum Gasteiger partial charge on any atom is 0.341 e. The van der Waals surface area contributed by atoms with Gasteiger partial charge in [0.15, 0.2) is 12.4 Å². The number of aryl methyl sites for hydroxylation is 10. The third-order valence-corrected chi connectivity index (χ3v) is 23.3. The third kappa shape index (κ3) is 20.8. The van der Waals surface area contributed by atoms with Gasteiger partial charge in [0.05, 0.1) is 48.3 Å². The van der Waals surface area contributed by atoms with Crippen molar-refractivity contribution in [3.8, 4) is 75.3 Å². The number of pyridine rings is 3. The number of carbonyl (C=O) groups is 1. The molecule has 120 heavy (non-hydrogen) atoms. The Balaban J connectivity index is 0.000000138. The summed E-state index contributed by atoms with van der Waals surface area (Å²) in [4.78, 5) is 103. The fourth-order valence-electron chi connectivity index (χ4n) is 14.4. The third-order valence-electron chi connectivity index (χ3n) is 20.2. The van der Waals surface area contributed by atoms with Crippen molar-refractivity contribution in [3.05, 3.63) is 290 Å². The van der Waals surface area contributed by atoms with E-state index in [0.717, 1.165) is 133 Å². The molecule has 8 aromatic heterocycles. The standard InChI is InChI=1S/C20H23N3OS.C18H16N2O4S.C18H18N2O3S.C17H21FN4O.C17H18FN3O2/c1-5-22(6-2)17-9-7-16(8-10-17)19-21-12-18(25-19)23-13-14(3)11-15(4)20(23)24;1-11-7-12(2)18(23)20(9-11)15-8-19-17(25-15)13-3-5-14(6-4-13)24-10-16(21)22;1-12-9-13(2)18(22)20(11-12)16-10-19-17(24-16)14-3-5-15(6-4-14)23-8-7-21;1-12-10-17(23)22(13(2)19-12)14-4-5-16(15(18)11-14)21-8-6-20(3)7-9-21;1-10-6-16(22)21(11(2)19-10)13-7-14(18)17-15(8-13)23-9-12-4-3-5-20(12)17/h7-13H,5-6H2,1-4H3;3-9H,10H2,1-2H3,(H,21,22);3-6,9-11,21H,7-8H2,1-2H3;4-5,10-11H,6-9H2,1-3H3;6-8,12H,3-5,9H2,1-2H3. The highest BCUT2D eigenvalue weighted by Crippen LogP contribution is 2.42. The maximum absolute atomic E-state index is 14.7. The summed E-state index contributed by atoms with van der Waals surface area (Å²) in [6, 6.07) is 39.9. The van der Waals surface area contributed by atoms with E-state index in [0.29, 0.717) is 75.2 Å². The number of halogens is 2. The average molecular weight is 1680 g/mol. The lowest BCUT2D eigenvalue weighted by Crippen LogP contribution is -2.44. The fourth-order valence-corrected chi connectivity index (χ4v) is 17.1. The zero-order valence-electron chi connectivity index (χ0n) is 69.2. The number of carboxylic acid groups (broad SMARTS) is 1. The van der Waals surface area contributed by atoms with Crippen LogP contribution in [-0.2, 0) is 4.79 Å². The number of nitrogens with zero attached hydrogens (tertiary/aromatic N) is 14. The molecule has 11 heterocycles. The van der Waals surface area contributed by atoms with Gasteiger partial charge in [-0.3, -0.25) is 46.8 Å². The normalized spacial score (nSPS) is 13.4. The monoisotopic (exact) mass is 1680 g/mol. The van der Waals surface area contributed by atoms with Crippen molar-refractivity contribution in [2.24, 2.45) is 0 Å². The number of hydrogen-bond acceptors (Lipinski definition) is 22. The zero-order chi connectivity index (χ0) is 85.8. The first-order valence-electron chi connectivity index (χ1n) is 39.3. The second-order valence-electron chi connectivity index (χ2n) is 29.4. The molecule has 2 N–H and O–H groups in total. The Morgan fingerprint density at radius 3 is 1.42 bits per heavy atom. The highest BCUT2D eigenvalue weighted by Gasteiger charge is 2.35. The number of thiazole rings is 3. The number of anilines is 3. The van der Waals surface area contributed by atoms with Crippen LogP contribution in [0.3, 0.4) is 0 Å². The number of aromatic nitrogens is 10. The lowest BCUT2D eigenvalue weighted by atomic mass is 10.1. The highest BCUT2D eigenvalue weighted by molar-refractivity contribution is 7.18. The molecule has 0 saturated carbocycles. The van der Waals surface area contributed by atoms with E-state index in [4.69, 9.17) is 24.4 Å². The molecule has 2 fully saturated rings. The van der Waals surface area contributed by atoms with Crippen molar-refractivity contribution in [1.82, 2.24) is 52.7 Å². The first-order valence-corrected chi connectivity index (χ1v) is 41.7. The second-order valence-corrected chi connectivity index (χ2v) is 32.4. The molecule has 3 aliphatic heterocycles. The van der Waals surface area contributed by atoms with E-state index in [1.54, 1.807) is 103 Å². The molecule has 16 rings (SSSR count). The molecule has 0 spiro atoms. The molecule has 0 radical (unpaired) electrons. The van der Waals surface area contributed by atoms with Crippen LogP contribution >= 0.6 is 34.0 Å². The van der Waals surface area contributed by atoms with Crippen LogP contribution in [0.2, 0.25) is 0 Å². The summed E-state index contributed by atoms with van der Waals surface area (Å²) in [6.07, 6.45) is 12.8. The Morgan fingerprint density at radius 2 is 0.983 bits per heavy atom. The van der Waals surface area contributed by atoms with E-state index in [-0.39, 0.29) is 65.3 Å². The minimum atomic E-state index is -1.02. The van der Waals surface area contributed by atoms with Gasteiger partial charge in [-0.15, -0.1) is 0 Å². The van der Waals surface area contributed by atoms with Crippen molar-refractivity contribution in [2.45, 2.75) is 102 Å². The van der Waals surface area contributed by atoms with Crippen molar-refractivity contribution in [2.75, 3.05) is 94.0 Å². The lowest BCUT2D eigenvalue weighted by Gasteiger charge is -2.34. The van der Waals surface area contributed by atoms with Crippen molar-refractivity contribution < 1.29 is 38.0 Å². The average Bonchev–Trinajstić information content (AvgIpc) is 1.32. The molecule has 5 aromatic carbocycles. The smallest absolute Gasteiger partial charge is 0.341 e. The first kappa shape index (κ1) is 87.0. The van der Waals surface area contributed by atoms with Crippen LogP contribution in [0.15, 0.2) is 195 Å². The van der Waals surface area contributed by atoms with Crippen LogP contribution < -0.4 is 56.7 Å². The van der Waals surface area contributed by atoms with Crippen LogP contribution in [0, 0.1) is 80.9 Å². The van der Waals surface area contributed by atoms with Gasteiger partial charge in [-0.2, -0.15) is 0 Å². The molecule has 0 aliphatic carbocycles. The molecule has 25 nitrogen and oxygen atoms in total. The molecule has 624 valence electrons. The predicted molar refractivity (Wildman–Crippen MR) is 471 cm³/mol. The van der Waals surface area contributed by atoms with Crippen LogP contribution in [0.25, 0.3) is 58.1 Å². The fraction of sp³-hybridized carbons (Fsp3) is 0.300. The molecule has 13 aromatic rings. The Bertz CT molecular complexity index is 6140. The largest absolute Gasteiger partial charge is 0.491 e. The van der Waals surface area contributed by atoms with Crippen molar-refractivity contribution in [3.63, 3.8) is 0 Å². The molecule has 3 aliphatic rings. The summed E-state index contributed by atoms with van der Waals surface area (Å²) >= 11 is 4.41. The molecule has 1 atom stereocenters. The quantitative estimate of drug-likeness (QED) is 0.0808. The summed E-state index contributed by atoms with van der Waals surface area (Å²) in [5.41, 5.74) is 12.3. The Labute approximate surface area is 705 Å². The summed E-state index contributed by atoms with van der Waals surface area (Å²) < 4.78 is 53.3. The summed E-state index contributed by atoms with van der Waals surface area (Å²) in [7, 11) is 2.07. The number of carboxylic acids is 1. The van der Waals surface area contributed by atoms with Crippen LogP contribution in [0.5, 0.6) is 17.2 Å². The number of likely N-dealkylation sites (N-methyl/N-ethyl adjacent to an activating group) is 1. The minimum Gasteiger partial charge on any atom is -0.491 e. The van der Waals surface area contributed by atoms with E-state index in [1.165, 1.54) is 73.1 Å². The van der Waals surface area contributed by atoms with Gasteiger partial charge < -0.3 is 44.0 Å². The number of rotatable bonds is 18. The second kappa shape index (κ2) is 39.0. The van der Waals surface area contributed by atoms with Gasteiger partial charge in [-0.1, -0.05) is 34.0 Å². The number of benzene rings is 5. The molecule has 2 saturated heterocycles. The number of ether oxygens (including phenoxy) is 3. The van der Waals surface area contributed by atoms with Crippen LogP contribution in [0.1, 0.15) is 83.1 Å². The SMILES string of the molecule is CCN(CC)c1ccc(-c2ncc(-n3cc(C)cc(C)c3=O)s2)cc1.Cc1cc(=O)n(-c2cc(F)c3c(c2)OCC2CCCN32)c(C)n1.Cc1cc(=O)n(-c2ccc(N3CCN(C)CC3)c(F)c2)c(C)n1.Cc1cc(C)c(=O)n(-c2cnc(-c3ccc(OCC(=O)O)cc3)s2)c1.Cc1cc(C)c(=O)n(-c2cnc(-c3ccc(OCCO)cc3)s2)c1. The summed E-state index contributed by atoms with van der Waals surface area (Å²) in [6.45, 7) is 29.4. The molecule has 30 heteroatoms. The molecule has 1 unspecified atom stereocenters. The van der Waals surface area contributed by atoms with E-state index < -0.39 is 5.97 Å². The maximum atomic E-state index is 14.7. The van der Waals surface area contributed by atoms with Crippen molar-refractivity contribution >= 4 is 57.0 Å². The van der Waals surface area contributed by atoms with E-state index in [1.807, 2.05) is 107 Å². The number of aliphatic hydroxyl groups excluding tert-OH is 1. The van der Waals surface area contributed by atoms with Gasteiger partial charge in [-0.25, -0.2) is 38.5 Å². The highest BCUT2D eigenvalue weighted by atomic mass is 32.1. The van der Waals surface area contributed by atoms with Crippen LogP contribution in [0.4, 0.5) is 25.8 Å². The molecular weight excluding hydrogens is 1590 g/mol. The topological polar surface area (TPSA) is 273 Å². The number of aliphatic hydroxyl groups is 1. The lowest BCUT2D eigenvalue weighted by molar-refractivity contribution is -0.139. The van der Waals surface area contributed by atoms with E-state index >= 15 is 0 Å². The number of piperazine rings is 1. The number of aliphatic carboxylic acids is 1. The van der Waals surface area contributed by atoms with Gasteiger partial charge >= 0.3 is 5.97 Å². The summed E-state index contributed by atoms with van der Waals surface area (Å²) in [5, 5.41) is 22.3. The van der Waals surface area contributed by atoms with Gasteiger partial charge in [-0.05, 0) is 223 Å². The summed E-state index contributed by atoms with van der Waals surface area (Å²) in [5.74, 6) is 1.10. The van der Waals surface area contributed by atoms with Gasteiger partial charge in [0, 0.05) is 145 Å². The Kier molecular flexibility index (Phi) is 28.3. The van der Waals surface area contributed by atoms with E-state index in [9.17, 15) is 37.5 Å². The van der Waals surface area contributed by atoms with Crippen molar-refractivity contribution in [1.29, 1.82) is 0 Å². The van der Waals surface area contributed by atoms with Gasteiger partial charge in [0.25, 0.3) is 27.8 Å². The first-order chi connectivity index (χ1) is 57.5. The minimum absolute atomic E-state index is 0.0117. The Morgan fingerprint density at radius 1 is 0.542 bits per heavy atom.